The Morgan fingerprint density at radius 2 is 2.12 bits per heavy atom. The number of hydrogen-bond acceptors (Lipinski definition) is 4. The van der Waals surface area contributed by atoms with Crippen LogP contribution in [0.5, 0.6) is 0 Å². The fraction of sp³-hybridized carbons (Fsp3) is 0.455. The van der Waals surface area contributed by atoms with Crippen molar-refractivity contribution in [3.63, 3.8) is 0 Å². The van der Waals surface area contributed by atoms with Gasteiger partial charge in [0.25, 0.3) is 0 Å². The normalized spacial score (nSPS) is 13.3. The van der Waals surface area contributed by atoms with Crippen molar-refractivity contribution in [2.24, 2.45) is 5.73 Å². The van der Waals surface area contributed by atoms with Crippen LogP contribution in [0.4, 0.5) is 0 Å². The number of thiazole rings is 1. The summed E-state index contributed by atoms with van der Waals surface area (Å²) in [5, 5.41) is 5.37. The molecule has 2 aromatic heterocycles. The number of aryl methyl sites for hydroxylation is 1. The number of nitrogens with two attached hydrogens (primary N) is 1. The van der Waals surface area contributed by atoms with Crippen LogP contribution in [0.3, 0.4) is 0 Å². The first-order chi connectivity index (χ1) is 8.00. The molecule has 2 rings (SSSR count). The Bertz CT molecular complexity index is 517. The minimum Gasteiger partial charge on any atom is -0.318 e. The lowest BCUT2D eigenvalue weighted by molar-refractivity contribution is 0.499. The Morgan fingerprint density at radius 1 is 1.41 bits per heavy atom. The van der Waals surface area contributed by atoms with Crippen molar-refractivity contribution in [3.8, 4) is 0 Å². The summed E-state index contributed by atoms with van der Waals surface area (Å²) in [6.07, 6.45) is 3.64. The van der Waals surface area contributed by atoms with Crippen LogP contribution in [0.2, 0.25) is 0 Å². The second kappa shape index (κ2) is 4.88. The van der Waals surface area contributed by atoms with Crippen molar-refractivity contribution >= 4 is 27.3 Å². The van der Waals surface area contributed by atoms with Crippen molar-refractivity contribution in [2.45, 2.75) is 32.9 Å². The first-order valence-electron chi connectivity index (χ1n) is 5.41. The van der Waals surface area contributed by atoms with Gasteiger partial charge in [-0.05, 0) is 36.7 Å². The van der Waals surface area contributed by atoms with E-state index in [1.807, 2.05) is 17.8 Å². The van der Waals surface area contributed by atoms with E-state index in [4.69, 9.17) is 5.73 Å². The van der Waals surface area contributed by atoms with Crippen LogP contribution in [-0.2, 0) is 0 Å². The predicted octanol–water partition coefficient (Wildman–Crippen LogP) is 3.04. The molecule has 0 fully saturated rings. The van der Waals surface area contributed by atoms with Crippen molar-refractivity contribution in [3.05, 3.63) is 32.4 Å². The molecule has 4 nitrogen and oxygen atoms in total. The highest BCUT2D eigenvalue weighted by Crippen LogP contribution is 2.31. The zero-order chi connectivity index (χ0) is 12.6. The SMILES string of the molecule is Cc1ncc(C(N)c2c(Br)cnn2C(C)C)s1. The zero-order valence-corrected chi connectivity index (χ0v) is 12.4. The van der Waals surface area contributed by atoms with Gasteiger partial charge in [0.15, 0.2) is 0 Å². The minimum absolute atomic E-state index is 0.180. The molecule has 2 aromatic rings. The van der Waals surface area contributed by atoms with Gasteiger partial charge in [-0.2, -0.15) is 5.10 Å². The molecule has 1 unspecified atom stereocenters. The lowest BCUT2D eigenvalue weighted by Gasteiger charge is -2.16. The third kappa shape index (κ3) is 2.43. The third-order valence-corrected chi connectivity index (χ3v) is 4.12. The molecule has 0 aliphatic carbocycles. The highest BCUT2D eigenvalue weighted by molar-refractivity contribution is 9.10. The van der Waals surface area contributed by atoms with E-state index in [0.717, 1.165) is 20.1 Å². The maximum atomic E-state index is 6.29. The van der Waals surface area contributed by atoms with Gasteiger partial charge in [0.1, 0.15) is 0 Å². The smallest absolute Gasteiger partial charge is 0.0897 e. The highest BCUT2D eigenvalue weighted by Gasteiger charge is 2.21. The van der Waals surface area contributed by atoms with Gasteiger partial charge in [0.05, 0.1) is 27.4 Å². The maximum Gasteiger partial charge on any atom is 0.0897 e. The largest absolute Gasteiger partial charge is 0.318 e. The maximum absolute atomic E-state index is 6.29. The monoisotopic (exact) mass is 314 g/mol. The van der Waals surface area contributed by atoms with Crippen LogP contribution in [0.15, 0.2) is 16.9 Å². The Labute approximate surface area is 113 Å². The quantitative estimate of drug-likeness (QED) is 0.947. The lowest BCUT2D eigenvalue weighted by atomic mass is 10.2. The van der Waals surface area contributed by atoms with Gasteiger partial charge in [-0.15, -0.1) is 11.3 Å². The van der Waals surface area contributed by atoms with Gasteiger partial charge < -0.3 is 5.73 Å². The number of hydrogen-bond donors (Lipinski definition) is 1. The summed E-state index contributed by atoms with van der Waals surface area (Å²) in [7, 11) is 0. The van der Waals surface area contributed by atoms with Gasteiger partial charge in [-0.25, -0.2) is 4.98 Å². The first kappa shape index (κ1) is 12.7. The van der Waals surface area contributed by atoms with E-state index in [0.29, 0.717) is 0 Å². The fourth-order valence-electron chi connectivity index (χ4n) is 1.71. The van der Waals surface area contributed by atoms with Gasteiger partial charge in [-0.3, -0.25) is 4.68 Å². The second-order valence-electron chi connectivity index (χ2n) is 4.18. The Morgan fingerprint density at radius 3 is 2.65 bits per heavy atom. The molecule has 0 radical (unpaired) electrons. The summed E-state index contributed by atoms with van der Waals surface area (Å²) in [6.45, 7) is 6.16. The first-order valence-corrected chi connectivity index (χ1v) is 7.02. The van der Waals surface area contributed by atoms with Crippen LogP contribution in [0, 0.1) is 6.92 Å². The van der Waals surface area contributed by atoms with Crippen LogP contribution >= 0.6 is 27.3 Å². The Hall–Kier alpha value is -0.720. The molecule has 17 heavy (non-hydrogen) atoms. The summed E-state index contributed by atoms with van der Waals surface area (Å²) >= 11 is 5.14. The van der Waals surface area contributed by atoms with Gasteiger partial charge in [-0.1, -0.05) is 0 Å². The second-order valence-corrected chi connectivity index (χ2v) is 6.30. The molecule has 0 spiro atoms. The third-order valence-electron chi connectivity index (χ3n) is 2.52. The standard InChI is InChI=1S/C11H15BrN4S/c1-6(2)16-11(8(12)4-15-16)10(13)9-5-14-7(3)17-9/h4-6,10H,13H2,1-3H3. The number of aromatic nitrogens is 3. The van der Waals surface area contributed by atoms with Crippen molar-refractivity contribution in [1.82, 2.24) is 14.8 Å². The molecule has 2 heterocycles. The highest BCUT2D eigenvalue weighted by atomic mass is 79.9. The zero-order valence-electron chi connectivity index (χ0n) is 10.0. The molecular formula is C11H15BrN4S. The van der Waals surface area contributed by atoms with Crippen LogP contribution in [0.25, 0.3) is 0 Å². The number of nitrogens with zero attached hydrogens (tertiary/aromatic N) is 3. The van der Waals surface area contributed by atoms with E-state index < -0.39 is 0 Å². The molecule has 0 aliphatic rings. The lowest BCUT2D eigenvalue weighted by Crippen LogP contribution is -2.18. The van der Waals surface area contributed by atoms with E-state index in [2.05, 4.69) is 39.9 Å². The molecule has 0 saturated carbocycles. The molecule has 0 bridgehead atoms. The Balaban J connectivity index is 2.43. The summed E-state index contributed by atoms with van der Waals surface area (Å²) < 4.78 is 2.90. The summed E-state index contributed by atoms with van der Waals surface area (Å²) in [4.78, 5) is 5.31. The van der Waals surface area contributed by atoms with Gasteiger partial charge in [0, 0.05) is 17.1 Å². The van der Waals surface area contributed by atoms with Crippen LogP contribution in [-0.4, -0.2) is 14.8 Å². The van der Waals surface area contributed by atoms with Gasteiger partial charge >= 0.3 is 0 Å². The summed E-state index contributed by atoms with van der Waals surface area (Å²) in [6, 6.07) is 0.108. The molecule has 92 valence electrons. The average molecular weight is 315 g/mol. The molecule has 6 heteroatoms. The van der Waals surface area contributed by atoms with E-state index in [-0.39, 0.29) is 12.1 Å². The summed E-state index contributed by atoms with van der Waals surface area (Å²) in [5.41, 5.74) is 7.30. The molecule has 1 atom stereocenters. The number of rotatable bonds is 3. The minimum atomic E-state index is -0.180. The topological polar surface area (TPSA) is 56.7 Å². The summed E-state index contributed by atoms with van der Waals surface area (Å²) in [5.74, 6) is 0. The average Bonchev–Trinajstić information content (AvgIpc) is 2.83. The van der Waals surface area contributed by atoms with Crippen molar-refractivity contribution in [2.75, 3.05) is 0 Å². The van der Waals surface area contributed by atoms with Crippen LogP contribution < -0.4 is 5.73 Å². The predicted molar refractivity (Wildman–Crippen MR) is 73.2 cm³/mol. The molecule has 0 amide bonds. The van der Waals surface area contributed by atoms with E-state index in [9.17, 15) is 0 Å². The van der Waals surface area contributed by atoms with E-state index in [1.165, 1.54) is 0 Å². The number of halogens is 1. The molecule has 2 N–H and O–H groups in total. The molecule has 0 aromatic carbocycles. The Kier molecular flexibility index (Phi) is 3.65. The van der Waals surface area contributed by atoms with Gasteiger partial charge in [0.2, 0.25) is 0 Å². The molecule has 0 aliphatic heterocycles. The van der Waals surface area contributed by atoms with E-state index >= 15 is 0 Å². The fourth-order valence-corrected chi connectivity index (χ4v) is 3.02. The van der Waals surface area contributed by atoms with Crippen molar-refractivity contribution in [1.29, 1.82) is 0 Å². The van der Waals surface area contributed by atoms with E-state index in [1.54, 1.807) is 17.5 Å². The molecule has 0 saturated heterocycles. The van der Waals surface area contributed by atoms with Crippen LogP contribution in [0.1, 0.15) is 41.5 Å². The molecular weight excluding hydrogens is 300 g/mol. The van der Waals surface area contributed by atoms with Crippen molar-refractivity contribution < 1.29 is 0 Å².